The zero-order valence-electron chi connectivity index (χ0n) is 16.2. The summed E-state index contributed by atoms with van der Waals surface area (Å²) in [6.07, 6.45) is 3.33. The van der Waals surface area contributed by atoms with E-state index >= 15 is 0 Å². The van der Waals surface area contributed by atoms with Crippen molar-refractivity contribution < 1.29 is 19.1 Å². The van der Waals surface area contributed by atoms with Crippen LogP contribution in [0.5, 0.6) is 5.75 Å². The largest absolute Gasteiger partial charge is 0.493 e. The summed E-state index contributed by atoms with van der Waals surface area (Å²) in [5.74, 6) is 1.36. The molecule has 4 rings (SSSR count). The van der Waals surface area contributed by atoms with E-state index in [1.165, 1.54) is 0 Å². The second-order valence-corrected chi connectivity index (χ2v) is 6.87. The predicted molar refractivity (Wildman–Crippen MR) is 110 cm³/mol. The molecule has 0 amide bonds. The van der Waals surface area contributed by atoms with Crippen LogP contribution < -0.4 is 4.74 Å². The Hall–Kier alpha value is -3.54. The van der Waals surface area contributed by atoms with Crippen molar-refractivity contribution >= 4 is 16.9 Å². The van der Waals surface area contributed by atoms with Gasteiger partial charge in [0.15, 0.2) is 0 Å². The number of fused-ring (bicyclic) bond motifs is 1. The van der Waals surface area contributed by atoms with E-state index in [4.69, 9.17) is 14.3 Å². The number of hydrogen-bond acceptors (Lipinski definition) is 4. The van der Waals surface area contributed by atoms with E-state index in [1.54, 1.807) is 10.8 Å². The molecule has 0 aliphatic heterocycles. The van der Waals surface area contributed by atoms with Gasteiger partial charge in [0.1, 0.15) is 18.1 Å². The fourth-order valence-electron chi connectivity index (χ4n) is 3.39. The lowest BCUT2D eigenvalue weighted by molar-refractivity contribution is -0.137. The Bertz CT molecular complexity index is 1130. The van der Waals surface area contributed by atoms with Crippen LogP contribution in [0, 0.1) is 6.92 Å². The molecule has 6 nitrogen and oxygen atoms in total. The van der Waals surface area contributed by atoms with Crippen molar-refractivity contribution in [3.63, 3.8) is 0 Å². The number of carboxylic acids is 1. The summed E-state index contributed by atoms with van der Waals surface area (Å²) in [5.41, 5.74) is 2.76. The first-order valence-corrected chi connectivity index (χ1v) is 9.56. The van der Waals surface area contributed by atoms with Crippen LogP contribution in [0.2, 0.25) is 0 Å². The maximum absolute atomic E-state index is 11.0. The minimum absolute atomic E-state index is 0.0673. The van der Waals surface area contributed by atoms with Gasteiger partial charge in [0.25, 0.3) is 0 Å². The molecule has 1 N–H and O–H groups in total. The van der Waals surface area contributed by atoms with E-state index in [1.807, 2.05) is 61.5 Å². The van der Waals surface area contributed by atoms with Crippen molar-refractivity contribution in [2.75, 3.05) is 6.61 Å². The lowest BCUT2D eigenvalue weighted by Crippen LogP contribution is -2.07. The molecule has 0 atom stereocenters. The third kappa shape index (κ3) is 4.16. The number of aromatic nitrogens is 2. The monoisotopic (exact) mass is 390 g/mol. The summed E-state index contributed by atoms with van der Waals surface area (Å²) in [6, 6.07) is 17.4. The van der Waals surface area contributed by atoms with Gasteiger partial charge in [-0.1, -0.05) is 24.3 Å². The molecule has 0 aliphatic carbocycles. The Morgan fingerprint density at radius 1 is 1.14 bits per heavy atom. The summed E-state index contributed by atoms with van der Waals surface area (Å²) in [4.78, 5) is 15.6. The molecule has 0 saturated heterocycles. The molecular weight excluding hydrogens is 368 g/mol. The van der Waals surface area contributed by atoms with Gasteiger partial charge in [0.05, 0.1) is 17.8 Å². The molecule has 2 heterocycles. The number of carbonyl (C=O) groups is 1. The SMILES string of the molecule is Cc1oc(-c2ccccc2)nc1CCCOc1cccc2c1ccn2CC(=O)O. The first kappa shape index (κ1) is 18.8. The number of carboxylic acid groups (broad SMARTS) is 1. The molecule has 0 fully saturated rings. The van der Waals surface area contributed by atoms with Crippen molar-refractivity contribution in [3.8, 4) is 17.2 Å². The molecule has 6 heteroatoms. The normalized spacial score (nSPS) is 11.1. The van der Waals surface area contributed by atoms with Gasteiger partial charge in [-0.05, 0) is 50.1 Å². The standard InChI is InChI=1S/C23H22N2O4/c1-16-19(24-23(29-16)17-7-3-2-4-8-17)9-6-14-28-21-11-5-10-20-18(21)12-13-25(20)15-22(26)27/h2-5,7-8,10-13H,6,9,14-15H2,1H3,(H,26,27). The quantitative estimate of drug-likeness (QED) is 0.441. The first-order valence-electron chi connectivity index (χ1n) is 9.56. The molecule has 4 aromatic rings. The molecular formula is C23H22N2O4. The van der Waals surface area contributed by atoms with Gasteiger partial charge < -0.3 is 18.8 Å². The second kappa shape index (κ2) is 8.22. The van der Waals surface area contributed by atoms with E-state index in [0.717, 1.165) is 46.5 Å². The topological polar surface area (TPSA) is 77.5 Å². The molecule has 0 spiro atoms. The number of benzene rings is 2. The molecule has 0 bridgehead atoms. The van der Waals surface area contributed by atoms with Crippen molar-refractivity contribution in [1.82, 2.24) is 9.55 Å². The van der Waals surface area contributed by atoms with Gasteiger partial charge >= 0.3 is 5.97 Å². The van der Waals surface area contributed by atoms with Crippen LogP contribution in [-0.2, 0) is 17.8 Å². The van der Waals surface area contributed by atoms with E-state index < -0.39 is 5.97 Å². The molecule has 148 valence electrons. The molecule has 2 aromatic carbocycles. The number of rotatable bonds is 8. The highest BCUT2D eigenvalue weighted by molar-refractivity contribution is 5.87. The van der Waals surface area contributed by atoms with Crippen LogP contribution >= 0.6 is 0 Å². The number of ether oxygens (including phenoxy) is 1. The van der Waals surface area contributed by atoms with Crippen LogP contribution in [0.25, 0.3) is 22.4 Å². The Morgan fingerprint density at radius 3 is 2.76 bits per heavy atom. The number of nitrogens with zero attached hydrogens (tertiary/aromatic N) is 2. The molecule has 0 unspecified atom stereocenters. The Kier molecular flexibility index (Phi) is 5.33. The summed E-state index contributed by atoms with van der Waals surface area (Å²) < 4.78 is 13.5. The van der Waals surface area contributed by atoms with E-state index in [2.05, 4.69) is 4.98 Å². The van der Waals surface area contributed by atoms with E-state index in [9.17, 15) is 4.79 Å². The molecule has 2 aromatic heterocycles. The van der Waals surface area contributed by atoms with Gasteiger partial charge in [-0.2, -0.15) is 0 Å². The smallest absolute Gasteiger partial charge is 0.323 e. The highest BCUT2D eigenvalue weighted by Gasteiger charge is 2.12. The molecule has 0 saturated carbocycles. The van der Waals surface area contributed by atoms with Crippen LogP contribution in [0.3, 0.4) is 0 Å². The summed E-state index contributed by atoms with van der Waals surface area (Å²) in [6.45, 7) is 2.40. The van der Waals surface area contributed by atoms with Gasteiger partial charge in [0, 0.05) is 17.1 Å². The average molecular weight is 390 g/mol. The lowest BCUT2D eigenvalue weighted by Gasteiger charge is -2.08. The van der Waals surface area contributed by atoms with Gasteiger partial charge in [-0.3, -0.25) is 4.79 Å². The Labute approximate surface area is 168 Å². The summed E-state index contributed by atoms with van der Waals surface area (Å²) in [7, 11) is 0. The van der Waals surface area contributed by atoms with Crippen LogP contribution in [0.4, 0.5) is 0 Å². The molecule has 29 heavy (non-hydrogen) atoms. The van der Waals surface area contributed by atoms with E-state index in [-0.39, 0.29) is 6.54 Å². The Balaban J connectivity index is 1.38. The second-order valence-electron chi connectivity index (χ2n) is 6.87. The van der Waals surface area contributed by atoms with Gasteiger partial charge in [0.2, 0.25) is 5.89 Å². The fraction of sp³-hybridized carbons (Fsp3) is 0.217. The highest BCUT2D eigenvalue weighted by atomic mass is 16.5. The fourth-order valence-corrected chi connectivity index (χ4v) is 3.39. The van der Waals surface area contributed by atoms with E-state index in [0.29, 0.717) is 12.5 Å². The third-order valence-electron chi connectivity index (χ3n) is 4.81. The number of aryl methyl sites for hydroxylation is 2. The zero-order chi connectivity index (χ0) is 20.2. The summed E-state index contributed by atoms with van der Waals surface area (Å²) >= 11 is 0. The first-order chi connectivity index (χ1) is 14.1. The minimum Gasteiger partial charge on any atom is -0.493 e. The summed E-state index contributed by atoms with van der Waals surface area (Å²) in [5, 5.41) is 9.94. The zero-order valence-corrected chi connectivity index (χ0v) is 16.2. The van der Waals surface area contributed by atoms with Gasteiger partial charge in [-0.15, -0.1) is 0 Å². The third-order valence-corrected chi connectivity index (χ3v) is 4.81. The predicted octanol–water partition coefficient (Wildman–Crippen LogP) is 4.70. The maximum Gasteiger partial charge on any atom is 0.323 e. The number of aliphatic carboxylic acids is 1. The maximum atomic E-state index is 11.0. The van der Waals surface area contributed by atoms with Crippen molar-refractivity contribution in [1.29, 1.82) is 0 Å². The van der Waals surface area contributed by atoms with Crippen LogP contribution in [0.1, 0.15) is 17.9 Å². The molecule has 0 radical (unpaired) electrons. The van der Waals surface area contributed by atoms with Crippen molar-refractivity contribution in [3.05, 3.63) is 72.2 Å². The minimum atomic E-state index is -0.869. The lowest BCUT2D eigenvalue weighted by atomic mass is 10.2. The van der Waals surface area contributed by atoms with Gasteiger partial charge in [-0.25, -0.2) is 4.98 Å². The van der Waals surface area contributed by atoms with Crippen molar-refractivity contribution in [2.24, 2.45) is 0 Å². The van der Waals surface area contributed by atoms with Crippen LogP contribution in [-0.4, -0.2) is 27.2 Å². The molecule has 0 aliphatic rings. The average Bonchev–Trinajstić information content (AvgIpc) is 3.30. The van der Waals surface area contributed by atoms with Crippen LogP contribution in [0.15, 0.2) is 65.2 Å². The van der Waals surface area contributed by atoms with Crippen molar-refractivity contribution in [2.45, 2.75) is 26.3 Å². The number of hydrogen-bond donors (Lipinski definition) is 1. The number of oxazole rings is 1. The highest BCUT2D eigenvalue weighted by Crippen LogP contribution is 2.27. The Morgan fingerprint density at radius 2 is 1.97 bits per heavy atom.